The molecule has 0 N–H and O–H groups in total. The largest absolute Gasteiger partial charge is 0.324 e. The van der Waals surface area contributed by atoms with E-state index in [4.69, 9.17) is 0 Å². The lowest BCUT2D eigenvalue weighted by atomic mass is 10.1. The molecule has 0 aromatic heterocycles. The van der Waals surface area contributed by atoms with Crippen molar-refractivity contribution < 1.29 is 4.48 Å². The monoisotopic (exact) mass is 182 g/mol. The molecule has 0 aromatic carbocycles. The van der Waals surface area contributed by atoms with Gasteiger partial charge in [0.05, 0.1) is 26.2 Å². The minimum atomic E-state index is 1.50. The maximum absolute atomic E-state index is 1.50. The molecule has 2 aliphatic rings. The average Bonchev–Trinajstić information content (AvgIpc) is 2.62. The van der Waals surface area contributed by atoms with E-state index in [2.05, 4.69) is 0 Å². The van der Waals surface area contributed by atoms with Crippen LogP contribution in [0.4, 0.5) is 0 Å². The highest BCUT2D eigenvalue weighted by Crippen LogP contribution is 2.24. The van der Waals surface area contributed by atoms with Gasteiger partial charge in [-0.25, -0.2) is 0 Å². The molecule has 0 unspecified atom stereocenters. The van der Waals surface area contributed by atoms with E-state index in [1.807, 2.05) is 0 Å². The minimum absolute atomic E-state index is 1.50. The normalized spacial score (nSPS) is 29.5. The van der Waals surface area contributed by atoms with E-state index in [1.165, 1.54) is 82.0 Å². The van der Waals surface area contributed by atoms with Crippen LogP contribution in [-0.2, 0) is 0 Å². The Balaban J connectivity index is 1.90. The predicted molar refractivity (Wildman–Crippen MR) is 56.7 cm³/mol. The first-order valence-corrected chi connectivity index (χ1v) is 6.26. The van der Waals surface area contributed by atoms with Crippen LogP contribution >= 0.6 is 0 Å². The zero-order chi connectivity index (χ0) is 8.99. The number of rotatable bonds is 0. The Hall–Kier alpha value is -0.0400. The quantitative estimate of drug-likeness (QED) is 0.505. The summed E-state index contributed by atoms with van der Waals surface area (Å²) in [4.78, 5) is 0. The lowest BCUT2D eigenvalue weighted by Gasteiger charge is -2.34. The zero-order valence-corrected chi connectivity index (χ0v) is 8.93. The molecule has 0 radical (unpaired) electrons. The van der Waals surface area contributed by atoms with Gasteiger partial charge in [0, 0.05) is 12.8 Å². The summed E-state index contributed by atoms with van der Waals surface area (Å²) in [6.07, 6.45) is 12.0. The molecule has 2 rings (SSSR count). The van der Waals surface area contributed by atoms with Gasteiger partial charge < -0.3 is 4.48 Å². The molecule has 2 fully saturated rings. The molecule has 0 atom stereocenters. The topological polar surface area (TPSA) is 0 Å². The highest BCUT2D eigenvalue weighted by molar-refractivity contribution is 4.58. The summed E-state index contributed by atoms with van der Waals surface area (Å²) in [5.74, 6) is 0. The van der Waals surface area contributed by atoms with E-state index >= 15 is 0 Å². The van der Waals surface area contributed by atoms with Crippen LogP contribution in [0.1, 0.15) is 51.4 Å². The first-order valence-electron chi connectivity index (χ1n) is 6.26. The van der Waals surface area contributed by atoms with Crippen molar-refractivity contribution in [1.29, 1.82) is 0 Å². The van der Waals surface area contributed by atoms with Gasteiger partial charge in [-0.3, -0.25) is 0 Å². The highest BCUT2D eigenvalue weighted by atomic mass is 15.4. The fourth-order valence-corrected chi connectivity index (χ4v) is 3.17. The SMILES string of the molecule is C1CCCC[N+]2(CCC1)CCCC2. The van der Waals surface area contributed by atoms with E-state index in [9.17, 15) is 0 Å². The summed E-state index contributed by atoms with van der Waals surface area (Å²) >= 11 is 0. The van der Waals surface area contributed by atoms with Crippen molar-refractivity contribution in [2.75, 3.05) is 26.2 Å². The third-order valence-electron chi connectivity index (χ3n) is 4.03. The predicted octanol–water partition coefficient (Wildman–Crippen LogP) is 2.95. The standard InChI is InChI=1S/C12H24N/c1-2-4-6-10-13(9-5-3-1)11-7-8-12-13/h1-12H2/q+1. The first-order chi connectivity index (χ1) is 6.41. The van der Waals surface area contributed by atoms with Crippen LogP contribution in [0.25, 0.3) is 0 Å². The summed E-state index contributed by atoms with van der Waals surface area (Å²) in [6, 6.07) is 0. The van der Waals surface area contributed by atoms with Gasteiger partial charge >= 0.3 is 0 Å². The summed E-state index contributed by atoms with van der Waals surface area (Å²) < 4.78 is 1.50. The molecule has 0 amide bonds. The number of hydrogen-bond acceptors (Lipinski definition) is 0. The van der Waals surface area contributed by atoms with Gasteiger partial charge in [-0.1, -0.05) is 12.8 Å². The maximum Gasteiger partial charge on any atom is 0.0788 e. The molecule has 0 saturated carbocycles. The second kappa shape index (κ2) is 4.45. The summed E-state index contributed by atoms with van der Waals surface area (Å²) in [6.45, 7) is 6.00. The molecule has 76 valence electrons. The second-order valence-electron chi connectivity index (χ2n) is 5.06. The third kappa shape index (κ3) is 2.46. The maximum atomic E-state index is 1.50. The number of nitrogens with zero attached hydrogens (tertiary/aromatic N) is 1. The zero-order valence-electron chi connectivity index (χ0n) is 8.93. The van der Waals surface area contributed by atoms with E-state index in [0.717, 1.165) is 0 Å². The van der Waals surface area contributed by atoms with Crippen LogP contribution in [0.3, 0.4) is 0 Å². The average molecular weight is 182 g/mol. The van der Waals surface area contributed by atoms with Gasteiger partial charge in [0.2, 0.25) is 0 Å². The Labute approximate surface area is 82.7 Å². The molecular formula is C12H24N+. The first kappa shape index (κ1) is 9.51. The van der Waals surface area contributed by atoms with Crippen molar-refractivity contribution in [2.24, 2.45) is 0 Å². The van der Waals surface area contributed by atoms with Gasteiger partial charge in [0.25, 0.3) is 0 Å². The Morgan fingerprint density at radius 1 is 0.385 bits per heavy atom. The van der Waals surface area contributed by atoms with Crippen molar-refractivity contribution in [1.82, 2.24) is 0 Å². The molecule has 2 heterocycles. The summed E-state index contributed by atoms with van der Waals surface area (Å²) in [5.41, 5.74) is 0. The van der Waals surface area contributed by atoms with E-state index in [0.29, 0.717) is 0 Å². The number of hydrogen-bond donors (Lipinski definition) is 0. The Morgan fingerprint density at radius 2 is 0.692 bits per heavy atom. The van der Waals surface area contributed by atoms with Gasteiger partial charge in [-0.15, -0.1) is 0 Å². The highest BCUT2D eigenvalue weighted by Gasteiger charge is 2.30. The fraction of sp³-hybridized carbons (Fsp3) is 1.00. The molecule has 0 bridgehead atoms. The summed E-state index contributed by atoms with van der Waals surface area (Å²) in [5, 5.41) is 0. The van der Waals surface area contributed by atoms with Crippen LogP contribution < -0.4 is 0 Å². The van der Waals surface area contributed by atoms with Crippen molar-refractivity contribution in [2.45, 2.75) is 51.4 Å². The van der Waals surface area contributed by atoms with Crippen LogP contribution in [0.2, 0.25) is 0 Å². The van der Waals surface area contributed by atoms with E-state index < -0.39 is 0 Å². The van der Waals surface area contributed by atoms with Gasteiger partial charge in [0.15, 0.2) is 0 Å². The molecule has 1 heteroatoms. The Morgan fingerprint density at radius 3 is 1.15 bits per heavy atom. The molecule has 0 aliphatic carbocycles. The molecule has 13 heavy (non-hydrogen) atoms. The van der Waals surface area contributed by atoms with E-state index in [1.54, 1.807) is 0 Å². The van der Waals surface area contributed by atoms with Crippen molar-refractivity contribution in [3.63, 3.8) is 0 Å². The Bertz CT molecular complexity index is 135. The van der Waals surface area contributed by atoms with Crippen molar-refractivity contribution >= 4 is 0 Å². The minimum Gasteiger partial charge on any atom is -0.324 e. The summed E-state index contributed by atoms with van der Waals surface area (Å²) in [7, 11) is 0. The van der Waals surface area contributed by atoms with Gasteiger partial charge in [0.1, 0.15) is 0 Å². The van der Waals surface area contributed by atoms with Gasteiger partial charge in [-0.05, 0) is 25.7 Å². The fourth-order valence-electron chi connectivity index (χ4n) is 3.17. The van der Waals surface area contributed by atoms with Crippen molar-refractivity contribution in [3.8, 4) is 0 Å². The second-order valence-corrected chi connectivity index (χ2v) is 5.06. The molecule has 2 aliphatic heterocycles. The van der Waals surface area contributed by atoms with Crippen LogP contribution in [0, 0.1) is 0 Å². The van der Waals surface area contributed by atoms with Crippen LogP contribution in [0.5, 0.6) is 0 Å². The smallest absolute Gasteiger partial charge is 0.0788 e. The molecule has 1 nitrogen and oxygen atoms in total. The van der Waals surface area contributed by atoms with E-state index in [-0.39, 0.29) is 0 Å². The molecular weight excluding hydrogens is 158 g/mol. The molecule has 1 spiro atoms. The molecule has 2 saturated heterocycles. The van der Waals surface area contributed by atoms with Crippen molar-refractivity contribution in [3.05, 3.63) is 0 Å². The van der Waals surface area contributed by atoms with Crippen LogP contribution in [-0.4, -0.2) is 30.7 Å². The molecule has 0 aromatic rings. The lowest BCUT2D eigenvalue weighted by Crippen LogP contribution is -2.46. The number of quaternary nitrogens is 1. The van der Waals surface area contributed by atoms with Gasteiger partial charge in [-0.2, -0.15) is 0 Å². The van der Waals surface area contributed by atoms with Crippen LogP contribution in [0.15, 0.2) is 0 Å². The lowest BCUT2D eigenvalue weighted by molar-refractivity contribution is -0.917. The third-order valence-corrected chi connectivity index (χ3v) is 4.03. The Kier molecular flexibility index (Phi) is 3.26.